The van der Waals surface area contributed by atoms with Crippen LogP contribution in [0.4, 0.5) is 0 Å². The molecule has 0 saturated carbocycles. The van der Waals surface area contributed by atoms with Crippen LogP contribution >= 0.6 is 0 Å². The Bertz CT molecular complexity index is 1560. The summed E-state index contributed by atoms with van der Waals surface area (Å²) in [6.45, 7) is 5.73. The number of aliphatic hydroxyl groups is 5. The molecule has 1 amide bonds. The van der Waals surface area contributed by atoms with Gasteiger partial charge in [-0.25, -0.2) is 0 Å². The Morgan fingerprint density at radius 3 is 1.33 bits per heavy atom. The number of amides is 1. The molecule has 0 bridgehead atoms. The monoisotopic (exact) mass is 1110 g/mol. The number of carbonyl (C=O) groups excluding carboxylic acids is 2. The molecular weight excluding hydrogens is 991 g/mol. The first kappa shape index (κ1) is 74.1. The van der Waals surface area contributed by atoms with Crippen LogP contribution in [0.15, 0.2) is 72.9 Å². The van der Waals surface area contributed by atoms with Crippen molar-refractivity contribution in [1.29, 1.82) is 0 Å². The van der Waals surface area contributed by atoms with Gasteiger partial charge in [0.05, 0.1) is 25.4 Å². The van der Waals surface area contributed by atoms with Crippen LogP contribution < -0.4 is 5.32 Å². The van der Waals surface area contributed by atoms with Crippen molar-refractivity contribution < 1.29 is 49.3 Å². The number of hydrogen-bond donors (Lipinski definition) is 6. The van der Waals surface area contributed by atoms with Gasteiger partial charge in [0.2, 0.25) is 5.91 Å². The van der Waals surface area contributed by atoms with E-state index in [2.05, 4.69) is 86.8 Å². The molecule has 1 aliphatic rings. The topological polar surface area (TPSA) is 175 Å². The minimum absolute atomic E-state index is 0.116. The van der Waals surface area contributed by atoms with E-state index in [-0.39, 0.29) is 19.4 Å². The summed E-state index contributed by atoms with van der Waals surface area (Å²) >= 11 is 0. The van der Waals surface area contributed by atoms with E-state index in [1.165, 1.54) is 135 Å². The summed E-state index contributed by atoms with van der Waals surface area (Å²) in [5.74, 6) is -1.20. The molecule has 11 nitrogen and oxygen atoms in total. The summed E-state index contributed by atoms with van der Waals surface area (Å²) in [5.41, 5.74) is 0. The summed E-state index contributed by atoms with van der Waals surface area (Å²) < 4.78 is 17.6. The molecule has 1 heterocycles. The van der Waals surface area contributed by atoms with Gasteiger partial charge in [0.15, 0.2) is 12.4 Å². The number of carbonyl (C=O) groups is 2. The fourth-order valence-corrected chi connectivity index (χ4v) is 9.86. The number of ether oxygens (including phenoxy) is 3. The van der Waals surface area contributed by atoms with Gasteiger partial charge in [0.1, 0.15) is 24.4 Å². The summed E-state index contributed by atoms with van der Waals surface area (Å²) in [5, 5.41) is 57.0. The van der Waals surface area contributed by atoms with E-state index in [1.54, 1.807) is 6.08 Å². The van der Waals surface area contributed by atoms with Crippen LogP contribution in [0.5, 0.6) is 0 Å². The Morgan fingerprint density at radius 2 is 0.873 bits per heavy atom. The highest BCUT2D eigenvalue weighted by molar-refractivity contribution is 5.80. The van der Waals surface area contributed by atoms with Gasteiger partial charge in [-0.2, -0.15) is 0 Å². The molecule has 8 atom stereocenters. The molecule has 1 rings (SSSR count). The van der Waals surface area contributed by atoms with Crippen LogP contribution in [0.1, 0.15) is 284 Å². The lowest BCUT2D eigenvalue weighted by Crippen LogP contribution is -2.61. The minimum Gasteiger partial charge on any atom is -0.454 e. The summed E-state index contributed by atoms with van der Waals surface area (Å²) in [7, 11) is 0. The molecule has 79 heavy (non-hydrogen) atoms. The number of esters is 1. The first-order valence-electron chi connectivity index (χ1n) is 32.7. The van der Waals surface area contributed by atoms with Gasteiger partial charge < -0.3 is 45.1 Å². The number of unbranched alkanes of at least 4 members (excludes halogenated alkanes) is 31. The van der Waals surface area contributed by atoms with Gasteiger partial charge in [-0.15, -0.1) is 0 Å². The van der Waals surface area contributed by atoms with Gasteiger partial charge in [0.25, 0.3) is 0 Å². The molecular formula is C68H121NO10. The van der Waals surface area contributed by atoms with Crippen molar-refractivity contribution in [2.45, 2.75) is 333 Å². The molecule has 458 valence electrons. The second-order valence-corrected chi connectivity index (χ2v) is 22.5. The molecule has 1 fully saturated rings. The molecule has 0 aromatic rings. The van der Waals surface area contributed by atoms with Gasteiger partial charge in [-0.1, -0.05) is 254 Å². The van der Waals surface area contributed by atoms with Crippen molar-refractivity contribution in [2.75, 3.05) is 13.2 Å². The van der Waals surface area contributed by atoms with Gasteiger partial charge in [0, 0.05) is 6.42 Å². The Hall–Kier alpha value is -2.90. The van der Waals surface area contributed by atoms with Crippen molar-refractivity contribution in [2.24, 2.45) is 0 Å². The normalized spacial score (nSPS) is 19.3. The predicted molar refractivity (Wildman–Crippen MR) is 329 cm³/mol. The van der Waals surface area contributed by atoms with Crippen LogP contribution in [0.3, 0.4) is 0 Å². The molecule has 0 aliphatic carbocycles. The van der Waals surface area contributed by atoms with Crippen LogP contribution in [0.25, 0.3) is 0 Å². The van der Waals surface area contributed by atoms with E-state index in [9.17, 15) is 35.1 Å². The first-order chi connectivity index (χ1) is 38.7. The van der Waals surface area contributed by atoms with Crippen LogP contribution in [0.2, 0.25) is 0 Å². The lowest BCUT2D eigenvalue weighted by Gasteiger charge is -2.41. The second kappa shape index (κ2) is 55.6. The lowest BCUT2D eigenvalue weighted by molar-refractivity contribution is -0.305. The van der Waals surface area contributed by atoms with Gasteiger partial charge >= 0.3 is 5.97 Å². The summed E-state index contributed by atoms with van der Waals surface area (Å²) in [6, 6.07) is -1.03. The number of nitrogens with one attached hydrogen (secondary N) is 1. The Morgan fingerprint density at radius 1 is 0.494 bits per heavy atom. The molecule has 11 heteroatoms. The van der Waals surface area contributed by atoms with E-state index in [4.69, 9.17) is 14.2 Å². The average Bonchev–Trinajstić information content (AvgIpc) is 3.47. The van der Waals surface area contributed by atoms with E-state index in [0.717, 1.165) is 103 Å². The van der Waals surface area contributed by atoms with Crippen LogP contribution in [-0.4, -0.2) is 99.6 Å². The molecule has 0 radical (unpaired) electrons. The van der Waals surface area contributed by atoms with Crippen molar-refractivity contribution in [3.63, 3.8) is 0 Å². The molecule has 6 N–H and O–H groups in total. The van der Waals surface area contributed by atoms with E-state index in [1.807, 2.05) is 6.08 Å². The van der Waals surface area contributed by atoms with Gasteiger partial charge in [-0.3, -0.25) is 9.59 Å². The van der Waals surface area contributed by atoms with E-state index < -0.39 is 67.4 Å². The fraction of sp³-hybridized carbons (Fsp3) is 0.794. The third-order valence-corrected chi connectivity index (χ3v) is 15.1. The van der Waals surface area contributed by atoms with Crippen molar-refractivity contribution >= 4 is 11.9 Å². The van der Waals surface area contributed by atoms with Crippen molar-refractivity contribution in [3.05, 3.63) is 72.9 Å². The van der Waals surface area contributed by atoms with Crippen molar-refractivity contribution in [1.82, 2.24) is 5.32 Å². The standard InChI is InChI=1S/C68H121NO10/c1-4-7-10-13-16-19-22-24-26-28-29-30-31-32-33-34-36-38-41-44-47-50-53-56-63(73)79-66-65(75)64(74)62(57-70)78-68(66)77-58-59(60(71)54-51-48-45-42-39-21-18-15-12-9-6-3)69-67(76)61(72)55-52-49-46-43-40-37-35-27-25-23-20-17-14-11-8-5-2/h16-17,19-20,24-27,29-30,51,54,59-62,64-66,68,70-72,74-75H,4-15,18,21-23,28,31-50,52-53,55-58H2,1-3H3,(H,69,76)/b19-16-,20-17-,26-24-,27-25-,30-29-,54-51+. The highest BCUT2D eigenvalue weighted by atomic mass is 16.7. The number of hydrogen-bond acceptors (Lipinski definition) is 10. The molecule has 1 saturated heterocycles. The summed E-state index contributed by atoms with van der Waals surface area (Å²) in [6.07, 6.45) is 60.8. The fourth-order valence-electron chi connectivity index (χ4n) is 9.86. The first-order valence-corrected chi connectivity index (χ1v) is 32.7. The maximum atomic E-state index is 13.4. The second-order valence-electron chi connectivity index (χ2n) is 22.5. The smallest absolute Gasteiger partial charge is 0.306 e. The SMILES string of the molecule is CCCCC/C=C\C/C=C\C/C=C\CCCCCCCCCCCCC(=O)OC1C(OCC(NC(=O)C(O)CCCCCCCC/C=C\C/C=C\CCCCC)C(O)/C=C/CCCCCCCCCCC)OC(CO)C(O)C1O. The quantitative estimate of drug-likeness (QED) is 0.0195. The van der Waals surface area contributed by atoms with Gasteiger partial charge in [-0.05, 0) is 96.3 Å². The maximum Gasteiger partial charge on any atom is 0.306 e. The Balaban J connectivity index is 2.61. The zero-order valence-electron chi connectivity index (χ0n) is 50.7. The number of rotatable bonds is 55. The Labute approximate surface area is 483 Å². The predicted octanol–water partition coefficient (Wildman–Crippen LogP) is 16.0. The third kappa shape index (κ3) is 43.5. The van der Waals surface area contributed by atoms with Crippen molar-refractivity contribution in [3.8, 4) is 0 Å². The molecule has 8 unspecified atom stereocenters. The number of aliphatic hydroxyl groups excluding tert-OH is 5. The van der Waals surface area contributed by atoms with Crippen LogP contribution in [0, 0.1) is 0 Å². The maximum absolute atomic E-state index is 13.4. The minimum atomic E-state index is -1.62. The molecule has 0 spiro atoms. The molecule has 1 aliphatic heterocycles. The molecule has 0 aromatic carbocycles. The van der Waals surface area contributed by atoms with E-state index in [0.29, 0.717) is 12.8 Å². The van der Waals surface area contributed by atoms with E-state index >= 15 is 0 Å². The third-order valence-electron chi connectivity index (χ3n) is 15.1. The zero-order valence-corrected chi connectivity index (χ0v) is 50.7. The molecule has 0 aromatic heterocycles. The Kier molecular flexibility index (Phi) is 52.2. The van der Waals surface area contributed by atoms with Crippen LogP contribution in [-0.2, 0) is 23.8 Å². The summed E-state index contributed by atoms with van der Waals surface area (Å²) in [4.78, 5) is 26.6. The lowest BCUT2D eigenvalue weighted by atomic mass is 9.99. The largest absolute Gasteiger partial charge is 0.454 e. The zero-order chi connectivity index (χ0) is 57.5. The highest BCUT2D eigenvalue weighted by Crippen LogP contribution is 2.26. The highest BCUT2D eigenvalue weighted by Gasteiger charge is 2.47. The number of allylic oxidation sites excluding steroid dienone is 11. The average molecular weight is 1110 g/mol.